The normalized spacial score (nSPS) is 16.8. The number of rotatable bonds is 4. The molecule has 0 saturated carbocycles. The molecule has 3 heterocycles. The maximum Gasteiger partial charge on any atom is 0.287 e. The van der Waals surface area contributed by atoms with Crippen LogP contribution < -0.4 is 5.32 Å². The monoisotopic (exact) mass is 303 g/mol. The molecule has 1 saturated heterocycles. The summed E-state index contributed by atoms with van der Waals surface area (Å²) in [6.45, 7) is 6.69. The minimum absolute atomic E-state index is 0.130. The van der Waals surface area contributed by atoms with E-state index >= 15 is 0 Å². The number of nitrogens with one attached hydrogen (secondary N) is 1. The number of carbonyl (C=O) groups excluding carboxylic acids is 1. The fraction of sp³-hybridized carbons (Fsp3) is 0.500. The zero-order valence-electron chi connectivity index (χ0n) is 13.0. The van der Waals surface area contributed by atoms with Crippen LogP contribution in [-0.2, 0) is 6.54 Å². The quantitative estimate of drug-likeness (QED) is 0.938. The molecule has 0 aromatic carbocycles. The van der Waals surface area contributed by atoms with Gasteiger partial charge in [-0.15, -0.1) is 0 Å². The lowest BCUT2D eigenvalue weighted by Gasteiger charge is -2.32. The van der Waals surface area contributed by atoms with Gasteiger partial charge in [-0.3, -0.25) is 9.69 Å². The SMILES string of the molecule is Cc1noc(C)c1CN1CCC(NC(=O)c2ccco2)CC1. The molecule has 118 valence electrons. The van der Waals surface area contributed by atoms with Crippen LogP contribution in [0.3, 0.4) is 0 Å². The van der Waals surface area contributed by atoms with Gasteiger partial charge in [0.25, 0.3) is 5.91 Å². The predicted octanol–water partition coefficient (Wildman–Crippen LogP) is 2.28. The van der Waals surface area contributed by atoms with Gasteiger partial charge in [0.05, 0.1) is 12.0 Å². The summed E-state index contributed by atoms with van der Waals surface area (Å²) in [4.78, 5) is 14.3. The Morgan fingerprint density at radius 2 is 2.18 bits per heavy atom. The molecule has 22 heavy (non-hydrogen) atoms. The smallest absolute Gasteiger partial charge is 0.287 e. The van der Waals surface area contributed by atoms with Crippen LogP contribution in [0.5, 0.6) is 0 Å². The molecular formula is C16H21N3O3. The number of hydrogen-bond donors (Lipinski definition) is 1. The van der Waals surface area contributed by atoms with Gasteiger partial charge < -0.3 is 14.3 Å². The molecule has 0 radical (unpaired) electrons. The Hall–Kier alpha value is -2.08. The average molecular weight is 303 g/mol. The molecule has 0 unspecified atom stereocenters. The molecule has 1 N–H and O–H groups in total. The highest BCUT2D eigenvalue weighted by molar-refractivity contribution is 5.91. The van der Waals surface area contributed by atoms with Crippen LogP contribution in [0.25, 0.3) is 0 Å². The second kappa shape index (κ2) is 6.36. The van der Waals surface area contributed by atoms with E-state index in [2.05, 4.69) is 15.4 Å². The Kier molecular flexibility index (Phi) is 4.29. The summed E-state index contributed by atoms with van der Waals surface area (Å²) in [5, 5.41) is 7.03. The average Bonchev–Trinajstić information content (AvgIpc) is 3.15. The molecule has 0 bridgehead atoms. The predicted molar refractivity (Wildman–Crippen MR) is 80.5 cm³/mol. The first-order valence-electron chi connectivity index (χ1n) is 7.62. The Morgan fingerprint density at radius 1 is 1.41 bits per heavy atom. The van der Waals surface area contributed by atoms with Crippen molar-refractivity contribution in [3.8, 4) is 0 Å². The molecule has 1 aliphatic heterocycles. The first-order chi connectivity index (χ1) is 10.6. The topological polar surface area (TPSA) is 71.5 Å². The Labute approximate surface area is 129 Å². The summed E-state index contributed by atoms with van der Waals surface area (Å²) in [6, 6.07) is 3.61. The van der Waals surface area contributed by atoms with Crippen molar-refractivity contribution < 1.29 is 13.7 Å². The van der Waals surface area contributed by atoms with Crippen LogP contribution in [0.4, 0.5) is 0 Å². The molecule has 0 atom stereocenters. The highest BCUT2D eigenvalue weighted by atomic mass is 16.5. The number of likely N-dealkylation sites (tertiary alicyclic amines) is 1. The number of hydrogen-bond acceptors (Lipinski definition) is 5. The van der Waals surface area contributed by atoms with E-state index in [-0.39, 0.29) is 11.9 Å². The van der Waals surface area contributed by atoms with Gasteiger partial charge in [0.1, 0.15) is 5.76 Å². The maximum absolute atomic E-state index is 12.0. The van der Waals surface area contributed by atoms with Gasteiger partial charge in [-0.05, 0) is 38.8 Å². The van der Waals surface area contributed by atoms with E-state index < -0.39 is 0 Å². The number of carbonyl (C=O) groups is 1. The second-order valence-corrected chi connectivity index (χ2v) is 5.80. The number of piperidine rings is 1. The summed E-state index contributed by atoms with van der Waals surface area (Å²) in [5.74, 6) is 1.14. The Morgan fingerprint density at radius 3 is 2.77 bits per heavy atom. The minimum atomic E-state index is -0.130. The van der Waals surface area contributed by atoms with Crippen molar-refractivity contribution in [3.05, 3.63) is 41.2 Å². The third kappa shape index (κ3) is 3.22. The zero-order valence-corrected chi connectivity index (χ0v) is 13.0. The fourth-order valence-corrected chi connectivity index (χ4v) is 2.85. The van der Waals surface area contributed by atoms with Gasteiger partial charge in [0.2, 0.25) is 0 Å². The van der Waals surface area contributed by atoms with Crippen molar-refractivity contribution in [2.24, 2.45) is 0 Å². The van der Waals surface area contributed by atoms with Crippen LogP contribution in [0.2, 0.25) is 0 Å². The number of furan rings is 1. The molecule has 1 amide bonds. The van der Waals surface area contributed by atoms with Crippen LogP contribution in [0, 0.1) is 13.8 Å². The fourth-order valence-electron chi connectivity index (χ4n) is 2.85. The molecule has 6 nitrogen and oxygen atoms in total. The van der Waals surface area contributed by atoms with E-state index in [0.717, 1.165) is 43.9 Å². The van der Waals surface area contributed by atoms with E-state index in [1.807, 2.05) is 13.8 Å². The van der Waals surface area contributed by atoms with Crippen molar-refractivity contribution in [3.63, 3.8) is 0 Å². The standard InChI is InChI=1S/C16H21N3O3/c1-11-14(12(2)22-18-11)10-19-7-5-13(6-8-19)17-16(20)15-4-3-9-21-15/h3-4,9,13H,5-8,10H2,1-2H3,(H,17,20). The van der Waals surface area contributed by atoms with Gasteiger partial charge in [-0.2, -0.15) is 0 Å². The largest absolute Gasteiger partial charge is 0.459 e. The molecule has 2 aromatic heterocycles. The minimum Gasteiger partial charge on any atom is -0.459 e. The molecule has 3 rings (SSSR count). The van der Waals surface area contributed by atoms with Crippen molar-refractivity contribution in [1.82, 2.24) is 15.4 Å². The molecule has 6 heteroatoms. The molecule has 1 fully saturated rings. The molecule has 2 aromatic rings. The number of aromatic nitrogens is 1. The lowest BCUT2D eigenvalue weighted by atomic mass is 10.0. The van der Waals surface area contributed by atoms with Gasteiger partial charge >= 0.3 is 0 Å². The number of amides is 1. The molecule has 0 spiro atoms. The zero-order chi connectivity index (χ0) is 15.5. The van der Waals surface area contributed by atoms with Crippen molar-refractivity contribution >= 4 is 5.91 Å². The van der Waals surface area contributed by atoms with E-state index in [1.54, 1.807) is 12.1 Å². The van der Waals surface area contributed by atoms with Gasteiger partial charge in [-0.25, -0.2) is 0 Å². The molecule has 0 aliphatic carbocycles. The van der Waals surface area contributed by atoms with Crippen LogP contribution >= 0.6 is 0 Å². The summed E-state index contributed by atoms with van der Waals surface area (Å²) in [7, 11) is 0. The Balaban J connectivity index is 1.49. The molecular weight excluding hydrogens is 282 g/mol. The third-order valence-electron chi connectivity index (χ3n) is 4.23. The van der Waals surface area contributed by atoms with Gasteiger partial charge in [-0.1, -0.05) is 5.16 Å². The van der Waals surface area contributed by atoms with Crippen LogP contribution in [0.15, 0.2) is 27.3 Å². The number of nitrogens with zero attached hydrogens (tertiary/aromatic N) is 2. The van der Waals surface area contributed by atoms with Crippen molar-refractivity contribution in [1.29, 1.82) is 0 Å². The lowest BCUT2D eigenvalue weighted by molar-refractivity contribution is 0.0881. The summed E-state index contributed by atoms with van der Waals surface area (Å²) in [6.07, 6.45) is 3.40. The first-order valence-corrected chi connectivity index (χ1v) is 7.62. The summed E-state index contributed by atoms with van der Waals surface area (Å²) >= 11 is 0. The maximum atomic E-state index is 12.0. The van der Waals surface area contributed by atoms with Gasteiger partial charge in [0, 0.05) is 31.2 Å². The number of aryl methyl sites for hydroxylation is 2. The second-order valence-electron chi connectivity index (χ2n) is 5.80. The van der Waals surface area contributed by atoms with Crippen LogP contribution in [-0.4, -0.2) is 35.1 Å². The van der Waals surface area contributed by atoms with Crippen molar-refractivity contribution in [2.45, 2.75) is 39.3 Å². The van der Waals surface area contributed by atoms with Crippen molar-refractivity contribution in [2.75, 3.05) is 13.1 Å². The first kappa shape index (κ1) is 14.8. The Bertz CT molecular complexity index is 606. The highest BCUT2D eigenvalue weighted by Crippen LogP contribution is 2.18. The summed E-state index contributed by atoms with van der Waals surface area (Å²) < 4.78 is 10.3. The van der Waals surface area contributed by atoms with Crippen LogP contribution in [0.1, 0.15) is 40.4 Å². The van der Waals surface area contributed by atoms with E-state index in [4.69, 9.17) is 8.94 Å². The third-order valence-corrected chi connectivity index (χ3v) is 4.23. The van der Waals surface area contributed by atoms with E-state index in [0.29, 0.717) is 5.76 Å². The van der Waals surface area contributed by atoms with Gasteiger partial charge in [0.15, 0.2) is 5.76 Å². The lowest BCUT2D eigenvalue weighted by Crippen LogP contribution is -2.44. The van der Waals surface area contributed by atoms with E-state index in [1.165, 1.54) is 11.8 Å². The highest BCUT2D eigenvalue weighted by Gasteiger charge is 2.23. The van der Waals surface area contributed by atoms with E-state index in [9.17, 15) is 4.79 Å². The summed E-state index contributed by atoms with van der Waals surface area (Å²) in [5.41, 5.74) is 2.14. The molecule has 1 aliphatic rings.